The number of para-hydroxylation sites is 1. The second kappa shape index (κ2) is 7.45. The zero-order valence-corrected chi connectivity index (χ0v) is 13.4. The van der Waals surface area contributed by atoms with Crippen LogP contribution in [0.25, 0.3) is 0 Å². The molecule has 2 rings (SSSR count). The molecule has 0 radical (unpaired) electrons. The molecule has 7 heteroatoms. The highest BCUT2D eigenvalue weighted by Crippen LogP contribution is 2.20. The second-order valence-electron chi connectivity index (χ2n) is 5.17. The van der Waals surface area contributed by atoms with Crippen LogP contribution >= 0.6 is 0 Å². The van der Waals surface area contributed by atoms with E-state index in [0.717, 1.165) is 40.2 Å². The fourth-order valence-electron chi connectivity index (χ4n) is 2.20. The van der Waals surface area contributed by atoms with E-state index >= 15 is 0 Å². The van der Waals surface area contributed by atoms with Crippen molar-refractivity contribution in [1.82, 2.24) is 4.73 Å². The van der Waals surface area contributed by atoms with Crippen LogP contribution in [0.15, 0.2) is 41.3 Å². The first-order valence-corrected chi connectivity index (χ1v) is 7.40. The molecule has 0 aliphatic rings. The lowest BCUT2D eigenvalue weighted by Gasteiger charge is -2.13. The summed E-state index contributed by atoms with van der Waals surface area (Å²) in [6.45, 7) is 3.45. The molecule has 0 unspecified atom stereocenters. The van der Waals surface area contributed by atoms with Gasteiger partial charge < -0.3 is 15.3 Å². The fraction of sp³-hybridized carbons (Fsp3) is 0.235. The van der Waals surface area contributed by atoms with Crippen molar-refractivity contribution >= 4 is 17.6 Å². The number of aryl methyl sites for hydroxylation is 2. The number of anilines is 1. The van der Waals surface area contributed by atoms with E-state index in [4.69, 9.17) is 9.94 Å². The Labute approximate surface area is 138 Å². The molecule has 0 aliphatic carbocycles. The molecule has 7 nitrogen and oxygen atoms in total. The van der Waals surface area contributed by atoms with Gasteiger partial charge in [-0.3, -0.25) is 9.59 Å². The maximum Gasteiger partial charge on any atom is 0.337 e. The Hall–Kier alpha value is -3.09. The lowest BCUT2D eigenvalue weighted by atomic mass is 10.1. The quantitative estimate of drug-likeness (QED) is 0.836. The molecule has 0 spiro atoms. The summed E-state index contributed by atoms with van der Waals surface area (Å²) in [5.41, 5.74) is 1.97. The molecule has 24 heavy (non-hydrogen) atoms. The van der Waals surface area contributed by atoms with Crippen molar-refractivity contribution in [2.24, 2.45) is 0 Å². The zero-order chi connectivity index (χ0) is 17.7. The number of carboxylic acids is 1. The van der Waals surface area contributed by atoms with E-state index in [1.54, 1.807) is 0 Å². The monoisotopic (exact) mass is 330 g/mol. The predicted octanol–water partition coefficient (Wildman–Crippen LogP) is 1.48. The molecule has 2 N–H and O–H groups in total. The summed E-state index contributed by atoms with van der Waals surface area (Å²) in [5.74, 6) is -1.63. The summed E-state index contributed by atoms with van der Waals surface area (Å²) in [4.78, 5) is 39.7. The predicted molar refractivity (Wildman–Crippen MR) is 88.3 cm³/mol. The van der Waals surface area contributed by atoms with Crippen LogP contribution in [0.5, 0.6) is 0 Å². The number of rotatable bonds is 6. The van der Waals surface area contributed by atoms with Crippen molar-refractivity contribution in [1.29, 1.82) is 0 Å². The van der Waals surface area contributed by atoms with E-state index in [1.165, 1.54) is 6.07 Å². The van der Waals surface area contributed by atoms with Gasteiger partial charge in [-0.1, -0.05) is 25.1 Å². The lowest BCUT2D eigenvalue weighted by molar-refractivity contribution is -0.120. The molecular weight excluding hydrogens is 312 g/mol. The number of carbonyl (C=O) groups is 2. The van der Waals surface area contributed by atoms with E-state index in [1.807, 2.05) is 32.0 Å². The van der Waals surface area contributed by atoms with Gasteiger partial charge in [-0.25, -0.2) is 4.79 Å². The maximum atomic E-state index is 12.1. The first kappa shape index (κ1) is 17.3. The number of nitrogens with zero attached hydrogens (tertiary/aromatic N) is 1. The Balaban J connectivity index is 2.08. The molecule has 0 saturated carbocycles. The first-order valence-electron chi connectivity index (χ1n) is 7.40. The highest BCUT2D eigenvalue weighted by molar-refractivity contribution is 5.93. The van der Waals surface area contributed by atoms with Crippen molar-refractivity contribution in [3.8, 4) is 0 Å². The summed E-state index contributed by atoms with van der Waals surface area (Å²) in [7, 11) is 0. The number of hydrogen-bond donors (Lipinski definition) is 2. The van der Waals surface area contributed by atoms with Gasteiger partial charge in [-0.05, 0) is 30.5 Å². The van der Waals surface area contributed by atoms with Gasteiger partial charge in [0.05, 0.1) is 11.8 Å². The van der Waals surface area contributed by atoms with Crippen LogP contribution in [0.3, 0.4) is 0 Å². The zero-order valence-electron chi connectivity index (χ0n) is 13.4. The SMILES string of the molecule is CCc1cccc(C)c1NC(=O)COn1cc(C(=O)O)ccc1=O. The Bertz CT molecular complexity index is 826. The van der Waals surface area contributed by atoms with Crippen molar-refractivity contribution in [3.63, 3.8) is 0 Å². The van der Waals surface area contributed by atoms with Gasteiger partial charge in [-0.15, -0.1) is 0 Å². The topological polar surface area (TPSA) is 97.6 Å². The Morgan fingerprint density at radius 1 is 1.25 bits per heavy atom. The van der Waals surface area contributed by atoms with Crippen molar-refractivity contribution in [2.45, 2.75) is 20.3 Å². The van der Waals surface area contributed by atoms with Crippen LogP contribution in [0.2, 0.25) is 0 Å². The Kier molecular flexibility index (Phi) is 5.36. The van der Waals surface area contributed by atoms with Crippen molar-refractivity contribution in [2.75, 3.05) is 11.9 Å². The number of pyridine rings is 1. The fourth-order valence-corrected chi connectivity index (χ4v) is 2.20. The normalized spacial score (nSPS) is 10.2. The van der Waals surface area contributed by atoms with Crippen LogP contribution in [-0.4, -0.2) is 28.3 Å². The molecule has 0 saturated heterocycles. The lowest BCUT2D eigenvalue weighted by Crippen LogP contribution is -2.32. The molecule has 126 valence electrons. The van der Waals surface area contributed by atoms with E-state index in [0.29, 0.717) is 0 Å². The number of carbonyl (C=O) groups excluding carboxylic acids is 1. The molecule has 0 bridgehead atoms. The number of aromatic carboxylic acids is 1. The molecule has 2 aromatic rings. The van der Waals surface area contributed by atoms with E-state index in [9.17, 15) is 14.4 Å². The molecule has 1 heterocycles. The molecule has 1 aromatic heterocycles. The van der Waals surface area contributed by atoms with Gasteiger partial charge in [0.25, 0.3) is 11.5 Å². The van der Waals surface area contributed by atoms with Gasteiger partial charge in [0.15, 0.2) is 6.61 Å². The number of nitrogens with one attached hydrogen (secondary N) is 1. The van der Waals surface area contributed by atoms with Crippen LogP contribution in [0, 0.1) is 6.92 Å². The highest BCUT2D eigenvalue weighted by atomic mass is 16.7. The second-order valence-corrected chi connectivity index (χ2v) is 5.17. The van der Waals surface area contributed by atoms with Gasteiger partial charge in [-0.2, -0.15) is 4.73 Å². The third-order valence-electron chi connectivity index (χ3n) is 3.47. The minimum Gasteiger partial charge on any atom is -0.478 e. The third-order valence-corrected chi connectivity index (χ3v) is 3.47. The molecule has 0 fully saturated rings. The maximum absolute atomic E-state index is 12.1. The summed E-state index contributed by atoms with van der Waals surface area (Å²) < 4.78 is 0.738. The van der Waals surface area contributed by atoms with Crippen LogP contribution < -0.4 is 15.7 Å². The molecule has 0 atom stereocenters. The summed E-state index contributed by atoms with van der Waals surface area (Å²) >= 11 is 0. The average molecular weight is 330 g/mol. The number of amides is 1. The molecule has 1 aromatic carbocycles. The van der Waals surface area contributed by atoms with Crippen molar-refractivity contribution < 1.29 is 19.5 Å². The van der Waals surface area contributed by atoms with E-state index in [2.05, 4.69) is 5.32 Å². The standard InChI is InChI=1S/C17H18N2O5/c1-3-12-6-4-5-11(2)16(12)18-14(20)10-24-19-9-13(17(22)23)7-8-15(19)21/h4-9H,3,10H2,1-2H3,(H,18,20)(H,22,23). The number of benzene rings is 1. The summed E-state index contributed by atoms with van der Waals surface area (Å²) in [5, 5.41) is 11.7. The number of hydrogen-bond acceptors (Lipinski definition) is 4. The largest absolute Gasteiger partial charge is 0.478 e. The minimum absolute atomic E-state index is 0.109. The molecular formula is C17H18N2O5. The first-order chi connectivity index (χ1) is 11.4. The Morgan fingerprint density at radius 2 is 2.00 bits per heavy atom. The summed E-state index contributed by atoms with van der Waals surface area (Å²) in [6, 6.07) is 7.96. The Morgan fingerprint density at radius 3 is 2.67 bits per heavy atom. The van der Waals surface area contributed by atoms with E-state index < -0.39 is 24.0 Å². The van der Waals surface area contributed by atoms with Crippen LogP contribution in [0.1, 0.15) is 28.4 Å². The van der Waals surface area contributed by atoms with Gasteiger partial charge in [0, 0.05) is 11.8 Å². The third kappa shape index (κ3) is 4.01. The molecule has 0 aliphatic heterocycles. The van der Waals surface area contributed by atoms with Gasteiger partial charge in [0.1, 0.15) is 0 Å². The summed E-state index contributed by atoms with van der Waals surface area (Å²) in [6.07, 6.45) is 1.79. The number of aromatic nitrogens is 1. The smallest absolute Gasteiger partial charge is 0.337 e. The van der Waals surface area contributed by atoms with Gasteiger partial charge >= 0.3 is 5.97 Å². The van der Waals surface area contributed by atoms with Crippen LogP contribution in [-0.2, 0) is 11.2 Å². The highest BCUT2D eigenvalue weighted by Gasteiger charge is 2.11. The number of carboxylic acid groups (broad SMARTS) is 1. The van der Waals surface area contributed by atoms with Crippen molar-refractivity contribution in [3.05, 3.63) is 63.6 Å². The average Bonchev–Trinajstić information content (AvgIpc) is 2.55. The molecule has 1 amide bonds. The van der Waals surface area contributed by atoms with Gasteiger partial charge in [0.2, 0.25) is 0 Å². The van der Waals surface area contributed by atoms with Crippen LogP contribution in [0.4, 0.5) is 5.69 Å². The van der Waals surface area contributed by atoms with E-state index in [-0.39, 0.29) is 5.56 Å². The minimum atomic E-state index is -1.19.